The van der Waals surface area contributed by atoms with E-state index in [1.165, 1.54) is 11.1 Å². The first-order valence-electron chi connectivity index (χ1n) is 8.44. The van der Waals surface area contributed by atoms with E-state index < -0.39 is 0 Å². The standard InChI is InChI=1S/C20H25ClN2/c21-19-8-6-17(7-9-19)10-13-23-14-11-20(16-22,12-15-23)18-4-2-1-3-5-18/h1-9H,10-16,22H2. The molecule has 1 saturated heterocycles. The van der Waals surface area contributed by atoms with Crippen molar-refractivity contribution in [1.29, 1.82) is 0 Å². The summed E-state index contributed by atoms with van der Waals surface area (Å²) in [7, 11) is 0. The van der Waals surface area contributed by atoms with Gasteiger partial charge in [0.1, 0.15) is 0 Å². The summed E-state index contributed by atoms with van der Waals surface area (Å²) in [5.41, 5.74) is 9.09. The van der Waals surface area contributed by atoms with Crippen LogP contribution in [0.25, 0.3) is 0 Å². The van der Waals surface area contributed by atoms with Gasteiger partial charge in [0.25, 0.3) is 0 Å². The van der Waals surface area contributed by atoms with E-state index in [9.17, 15) is 0 Å². The van der Waals surface area contributed by atoms with E-state index in [0.717, 1.165) is 50.5 Å². The minimum Gasteiger partial charge on any atom is -0.330 e. The number of halogens is 1. The molecule has 2 nitrogen and oxygen atoms in total. The molecule has 2 N–H and O–H groups in total. The third-order valence-electron chi connectivity index (χ3n) is 5.22. The van der Waals surface area contributed by atoms with E-state index in [2.05, 4.69) is 47.4 Å². The predicted octanol–water partition coefficient (Wildman–Crippen LogP) is 3.88. The summed E-state index contributed by atoms with van der Waals surface area (Å²) in [5.74, 6) is 0. The zero-order valence-electron chi connectivity index (χ0n) is 13.5. The van der Waals surface area contributed by atoms with E-state index in [4.69, 9.17) is 17.3 Å². The molecular weight excluding hydrogens is 304 g/mol. The summed E-state index contributed by atoms with van der Waals surface area (Å²) in [6.07, 6.45) is 3.38. The lowest BCUT2D eigenvalue weighted by molar-refractivity contribution is 0.164. The molecule has 122 valence electrons. The van der Waals surface area contributed by atoms with Crippen molar-refractivity contribution in [3.8, 4) is 0 Å². The molecule has 3 rings (SSSR count). The zero-order chi connectivity index (χ0) is 16.1. The summed E-state index contributed by atoms with van der Waals surface area (Å²) in [4.78, 5) is 2.56. The maximum Gasteiger partial charge on any atom is 0.0406 e. The first kappa shape index (κ1) is 16.5. The fourth-order valence-electron chi connectivity index (χ4n) is 3.55. The highest BCUT2D eigenvalue weighted by Gasteiger charge is 2.34. The summed E-state index contributed by atoms with van der Waals surface area (Å²) in [6.45, 7) is 4.10. The SMILES string of the molecule is NCC1(c2ccccc2)CCN(CCc2ccc(Cl)cc2)CC1. The predicted molar refractivity (Wildman–Crippen MR) is 98.0 cm³/mol. The van der Waals surface area contributed by atoms with Gasteiger partial charge in [0.05, 0.1) is 0 Å². The second-order valence-electron chi connectivity index (χ2n) is 6.57. The monoisotopic (exact) mass is 328 g/mol. The van der Waals surface area contributed by atoms with Gasteiger partial charge in [-0.15, -0.1) is 0 Å². The van der Waals surface area contributed by atoms with E-state index >= 15 is 0 Å². The molecule has 0 aromatic heterocycles. The Morgan fingerprint density at radius 3 is 2.22 bits per heavy atom. The Balaban J connectivity index is 1.56. The van der Waals surface area contributed by atoms with Gasteiger partial charge in [0.2, 0.25) is 0 Å². The van der Waals surface area contributed by atoms with Crippen LogP contribution in [0.2, 0.25) is 5.02 Å². The summed E-state index contributed by atoms with van der Waals surface area (Å²) < 4.78 is 0. The Hall–Kier alpha value is -1.35. The van der Waals surface area contributed by atoms with Gasteiger partial charge in [-0.05, 0) is 55.6 Å². The molecule has 1 aliphatic heterocycles. The number of hydrogen-bond donors (Lipinski definition) is 1. The molecule has 2 aromatic rings. The van der Waals surface area contributed by atoms with Crippen LogP contribution in [0.1, 0.15) is 24.0 Å². The van der Waals surface area contributed by atoms with E-state index in [1.807, 2.05) is 12.1 Å². The highest BCUT2D eigenvalue weighted by atomic mass is 35.5. The Morgan fingerprint density at radius 1 is 0.957 bits per heavy atom. The zero-order valence-corrected chi connectivity index (χ0v) is 14.3. The highest BCUT2D eigenvalue weighted by molar-refractivity contribution is 6.30. The fraction of sp³-hybridized carbons (Fsp3) is 0.400. The minimum atomic E-state index is 0.165. The van der Waals surface area contributed by atoms with Crippen molar-refractivity contribution in [2.24, 2.45) is 5.73 Å². The third-order valence-corrected chi connectivity index (χ3v) is 5.47. The van der Waals surface area contributed by atoms with Crippen LogP contribution in [-0.2, 0) is 11.8 Å². The Kier molecular flexibility index (Phi) is 5.37. The van der Waals surface area contributed by atoms with Crippen LogP contribution in [0.3, 0.4) is 0 Å². The van der Waals surface area contributed by atoms with E-state index in [1.54, 1.807) is 0 Å². The van der Waals surface area contributed by atoms with Gasteiger partial charge in [-0.25, -0.2) is 0 Å². The highest BCUT2D eigenvalue weighted by Crippen LogP contribution is 2.34. The molecule has 0 saturated carbocycles. The largest absolute Gasteiger partial charge is 0.330 e. The lowest BCUT2D eigenvalue weighted by atomic mass is 9.73. The van der Waals surface area contributed by atoms with Crippen molar-refractivity contribution >= 4 is 11.6 Å². The van der Waals surface area contributed by atoms with Crippen molar-refractivity contribution in [3.05, 3.63) is 70.7 Å². The Labute approximate surface area is 144 Å². The van der Waals surface area contributed by atoms with Crippen molar-refractivity contribution in [2.45, 2.75) is 24.7 Å². The summed E-state index contributed by atoms with van der Waals surface area (Å²) in [6, 6.07) is 19.0. The van der Waals surface area contributed by atoms with Crippen LogP contribution < -0.4 is 5.73 Å². The van der Waals surface area contributed by atoms with Gasteiger partial charge in [0, 0.05) is 23.5 Å². The Bertz CT molecular complexity index is 601. The number of nitrogens with two attached hydrogens (primary N) is 1. The van der Waals surface area contributed by atoms with Crippen LogP contribution in [0.5, 0.6) is 0 Å². The van der Waals surface area contributed by atoms with Crippen LogP contribution in [0.4, 0.5) is 0 Å². The van der Waals surface area contributed by atoms with E-state index in [0.29, 0.717) is 0 Å². The van der Waals surface area contributed by atoms with Gasteiger partial charge < -0.3 is 10.6 Å². The molecule has 1 heterocycles. The van der Waals surface area contributed by atoms with Crippen LogP contribution in [0.15, 0.2) is 54.6 Å². The smallest absolute Gasteiger partial charge is 0.0406 e. The fourth-order valence-corrected chi connectivity index (χ4v) is 3.67. The van der Waals surface area contributed by atoms with Crippen molar-refractivity contribution < 1.29 is 0 Å². The maximum absolute atomic E-state index is 6.16. The summed E-state index contributed by atoms with van der Waals surface area (Å²) >= 11 is 5.94. The molecule has 1 fully saturated rings. The van der Waals surface area contributed by atoms with Crippen molar-refractivity contribution in [3.63, 3.8) is 0 Å². The molecule has 0 atom stereocenters. The van der Waals surface area contributed by atoms with Gasteiger partial charge in [-0.2, -0.15) is 0 Å². The van der Waals surface area contributed by atoms with E-state index in [-0.39, 0.29) is 5.41 Å². The third kappa shape index (κ3) is 3.95. The van der Waals surface area contributed by atoms with Crippen LogP contribution in [-0.4, -0.2) is 31.1 Å². The van der Waals surface area contributed by atoms with Gasteiger partial charge in [0.15, 0.2) is 0 Å². The quantitative estimate of drug-likeness (QED) is 0.902. The first-order valence-corrected chi connectivity index (χ1v) is 8.82. The lowest BCUT2D eigenvalue weighted by Crippen LogP contribution is -2.47. The molecule has 0 unspecified atom stereocenters. The number of piperidine rings is 1. The molecule has 0 spiro atoms. The molecule has 0 bridgehead atoms. The Morgan fingerprint density at radius 2 is 1.61 bits per heavy atom. The van der Waals surface area contributed by atoms with Crippen molar-refractivity contribution in [1.82, 2.24) is 4.90 Å². The molecule has 1 aliphatic rings. The topological polar surface area (TPSA) is 29.3 Å². The van der Waals surface area contributed by atoms with Crippen molar-refractivity contribution in [2.75, 3.05) is 26.2 Å². The molecule has 0 aliphatic carbocycles. The molecular formula is C20H25ClN2. The molecule has 0 amide bonds. The molecule has 23 heavy (non-hydrogen) atoms. The lowest BCUT2D eigenvalue weighted by Gasteiger charge is -2.41. The number of likely N-dealkylation sites (tertiary alicyclic amines) is 1. The van der Waals surface area contributed by atoms with Crippen LogP contribution >= 0.6 is 11.6 Å². The normalized spacial score (nSPS) is 18.0. The van der Waals surface area contributed by atoms with Crippen LogP contribution in [0, 0.1) is 0 Å². The average Bonchev–Trinajstić information content (AvgIpc) is 2.62. The molecule has 0 radical (unpaired) electrons. The second kappa shape index (κ2) is 7.48. The number of benzene rings is 2. The minimum absolute atomic E-state index is 0.165. The maximum atomic E-state index is 6.16. The molecule has 3 heteroatoms. The average molecular weight is 329 g/mol. The van der Waals surface area contributed by atoms with Gasteiger partial charge in [-0.3, -0.25) is 0 Å². The molecule has 2 aromatic carbocycles. The number of hydrogen-bond acceptors (Lipinski definition) is 2. The van der Waals surface area contributed by atoms with Gasteiger partial charge in [-0.1, -0.05) is 54.1 Å². The summed E-state index contributed by atoms with van der Waals surface area (Å²) in [5, 5.41) is 0.808. The number of rotatable bonds is 5. The second-order valence-corrected chi connectivity index (χ2v) is 7.01. The number of nitrogens with zero attached hydrogens (tertiary/aromatic N) is 1. The van der Waals surface area contributed by atoms with Gasteiger partial charge >= 0.3 is 0 Å². The first-order chi connectivity index (χ1) is 11.2.